The van der Waals surface area contributed by atoms with Crippen LogP contribution in [0.1, 0.15) is 24.3 Å². The Bertz CT molecular complexity index is 507. The molecule has 0 heterocycles. The molecule has 0 aliphatic heterocycles. The number of sulfone groups is 1. The molecular formula is C12H15BrO4S. The number of hydrogen-bond acceptors (Lipinski definition) is 3. The number of carboxylic acid groups (broad SMARTS) is 1. The second-order valence-electron chi connectivity index (χ2n) is 4.21. The summed E-state index contributed by atoms with van der Waals surface area (Å²) in [6.45, 7) is 0. The van der Waals surface area contributed by atoms with Gasteiger partial charge >= 0.3 is 5.97 Å². The van der Waals surface area contributed by atoms with Crippen LogP contribution in [0.4, 0.5) is 0 Å². The Morgan fingerprint density at radius 1 is 1.33 bits per heavy atom. The predicted molar refractivity (Wildman–Crippen MR) is 73.5 cm³/mol. The molecule has 4 nitrogen and oxygen atoms in total. The lowest BCUT2D eigenvalue weighted by Gasteiger charge is -2.12. The van der Waals surface area contributed by atoms with Gasteiger partial charge in [0, 0.05) is 16.5 Å². The van der Waals surface area contributed by atoms with Crippen molar-refractivity contribution in [1.29, 1.82) is 0 Å². The van der Waals surface area contributed by atoms with Crippen LogP contribution in [0.5, 0.6) is 0 Å². The van der Waals surface area contributed by atoms with Crippen LogP contribution in [0, 0.1) is 0 Å². The highest BCUT2D eigenvalue weighted by Gasteiger charge is 2.20. The van der Waals surface area contributed by atoms with E-state index >= 15 is 0 Å². The zero-order valence-corrected chi connectivity index (χ0v) is 12.4. The van der Waals surface area contributed by atoms with Gasteiger partial charge in [-0.1, -0.05) is 28.1 Å². The molecule has 1 unspecified atom stereocenters. The fourth-order valence-corrected chi connectivity index (χ4v) is 2.63. The molecule has 0 saturated carbocycles. The molecule has 18 heavy (non-hydrogen) atoms. The van der Waals surface area contributed by atoms with E-state index in [0.717, 1.165) is 10.7 Å². The van der Waals surface area contributed by atoms with Crippen molar-refractivity contribution in [2.45, 2.75) is 18.8 Å². The lowest BCUT2D eigenvalue weighted by Crippen LogP contribution is -2.13. The molecule has 0 bridgehead atoms. The van der Waals surface area contributed by atoms with Crippen LogP contribution >= 0.6 is 15.9 Å². The number of hydrogen-bond donors (Lipinski definition) is 1. The minimum atomic E-state index is -3.03. The quantitative estimate of drug-likeness (QED) is 0.867. The van der Waals surface area contributed by atoms with Crippen molar-refractivity contribution >= 4 is 31.7 Å². The van der Waals surface area contributed by atoms with Crippen LogP contribution < -0.4 is 0 Å². The molecule has 0 spiro atoms. The predicted octanol–water partition coefficient (Wildman–Crippen LogP) is 2.44. The van der Waals surface area contributed by atoms with Gasteiger partial charge in [-0.3, -0.25) is 4.79 Å². The summed E-state index contributed by atoms with van der Waals surface area (Å²) in [5, 5.41) is 9.16. The first-order valence-corrected chi connectivity index (χ1v) is 8.31. The van der Waals surface area contributed by atoms with E-state index in [9.17, 15) is 13.2 Å². The molecule has 1 aromatic rings. The lowest BCUT2D eigenvalue weighted by molar-refractivity contribution is -0.139. The van der Waals surface area contributed by atoms with Crippen LogP contribution in [0.3, 0.4) is 0 Å². The highest BCUT2D eigenvalue weighted by Crippen LogP contribution is 2.23. The Morgan fingerprint density at radius 3 is 2.33 bits per heavy atom. The Kier molecular flexibility index (Phi) is 5.34. The number of aliphatic carboxylic acids is 1. The maximum absolute atomic E-state index is 11.2. The summed E-state index contributed by atoms with van der Waals surface area (Å²) in [7, 11) is -3.03. The van der Waals surface area contributed by atoms with E-state index in [2.05, 4.69) is 15.9 Å². The zero-order chi connectivity index (χ0) is 13.8. The third-order valence-corrected chi connectivity index (χ3v) is 4.14. The highest BCUT2D eigenvalue weighted by atomic mass is 79.9. The molecule has 1 aromatic carbocycles. The van der Waals surface area contributed by atoms with Gasteiger partial charge in [-0.2, -0.15) is 0 Å². The maximum Gasteiger partial charge on any atom is 0.310 e. The number of carboxylic acids is 1. The monoisotopic (exact) mass is 334 g/mol. The van der Waals surface area contributed by atoms with Gasteiger partial charge in [0.2, 0.25) is 0 Å². The van der Waals surface area contributed by atoms with Crippen molar-refractivity contribution in [3.63, 3.8) is 0 Å². The molecule has 6 heteroatoms. The minimum Gasteiger partial charge on any atom is -0.481 e. The Hall–Kier alpha value is -0.880. The molecule has 0 saturated heterocycles. The van der Waals surface area contributed by atoms with E-state index in [1.807, 2.05) is 0 Å². The average Bonchev–Trinajstić information content (AvgIpc) is 2.24. The standard InChI is InChI=1S/C12H15BrO4S/c1-18(16,17)8-2-3-11(12(14)15)9-4-6-10(13)7-5-9/h4-7,11H,2-3,8H2,1H3,(H,14,15). The first-order valence-electron chi connectivity index (χ1n) is 5.45. The van der Waals surface area contributed by atoms with Gasteiger partial charge in [0.1, 0.15) is 9.84 Å². The maximum atomic E-state index is 11.2. The van der Waals surface area contributed by atoms with Crippen LogP contribution in [0.25, 0.3) is 0 Å². The average molecular weight is 335 g/mol. The summed E-state index contributed by atoms with van der Waals surface area (Å²) in [5.41, 5.74) is 0.694. The minimum absolute atomic E-state index is 0.0211. The summed E-state index contributed by atoms with van der Waals surface area (Å²) in [5.74, 6) is -1.56. The number of benzene rings is 1. The van der Waals surface area contributed by atoms with Gasteiger partial charge in [-0.15, -0.1) is 0 Å². The Morgan fingerprint density at radius 2 is 1.89 bits per heavy atom. The van der Waals surface area contributed by atoms with Gasteiger partial charge in [0.25, 0.3) is 0 Å². The van der Waals surface area contributed by atoms with Gasteiger partial charge in [0.15, 0.2) is 0 Å². The van der Waals surface area contributed by atoms with Gasteiger partial charge in [0.05, 0.1) is 5.92 Å². The summed E-state index contributed by atoms with van der Waals surface area (Å²) in [6, 6.07) is 7.04. The third kappa shape index (κ3) is 5.18. The first-order chi connectivity index (χ1) is 8.29. The third-order valence-electron chi connectivity index (χ3n) is 2.58. The molecule has 1 N–H and O–H groups in total. The van der Waals surface area contributed by atoms with Crippen molar-refractivity contribution in [1.82, 2.24) is 0 Å². The fraction of sp³-hybridized carbons (Fsp3) is 0.417. The van der Waals surface area contributed by atoms with Crippen molar-refractivity contribution in [3.8, 4) is 0 Å². The van der Waals surface area contributed by atoms with Crippen molar-refractivity contribution in [2.75, 3.05) is 12.0 Å². The summed E-state index contributed by atoms with van der Waals surface area (Å²) >= 11 is 3.28. The molecule has 0 radical (unpaired) electrons. The molecule has 100 valence electrons. The molecule has 0 fully saturated rings. The first kappa shape index (κ1) is 15.2. The van der Waals surface area contributed by atoms with Crippen molar-refractivity contribution in [3.05, 3.63) is 34.3 Å². The highest BCUT2D eigenvalue weighted by molar-refractivity contribution is 9.10. The number of carbonyl (C=O) groups is 1. The van der Waals surface area contributed by atoms with Crippen LogP contribution in [0.15, 0.2) is 28.7 Å². The normalized spacial score (nSPS) is 13.2. The summed E-state index contributed by atoms with van der Waals surface area (Å²) in [4.78, 5) is 11.2. The fourth-order valence-electron chi connectivity index (χ4n) is 1.68. The van der Waals surface area contributed by atoms with E-state index in [-0.39, 0.29) is 5.75 Å². The molecule has 0 aliphatic carbocycles. The molecule has 0 aliphatic rings. The van der Waals surface area contributed by atoms with Crippen LogP contribution in [0.2, 0.25) is 0 Å². The van der Waals surface area contributed by atoms with Gasteiger partial charge in [-0.05, 0) is 30.5 Å². The molecule has 1 atom stereocenters. The van der Waals surface area contributed by atoms with Gasteiger partial charge in [-0.25, -0.2) is 8.42 Å². The van der Waals surface area contributed by atoms with Crippen LogP contribution in [-0.4, -0.2) is 31.5 Å². The summed E-state index contributed by atoms with van der Waals surface area (Å²) < 4.78 is 22.9. The van der Waals surface area contributed by atoms with Crippen molar-refractivity contribution < 1.29 is 18.3 Å². The van der Waals surface area contributed by atoms with E-state index in [1.165, 1.54) is 0 Å². The van der Waals surface area contributed by atoms with E-state index in [1.54, 1.807) is 24.3 Å². The van der Waals surface area contributed by atoms with E-state index in [4.69, 9.17) is 5.11 Å². The van der Waals surface area contributed by atoms with Crippen molar-refractivity contribution in [2.24, 2.45) is 0 Å². The van der Waals surface area contributed by atoms with E-state index < -0.39 is 21.7 Å². The molecule has 1 rings (SSSR count). The zero-order valence-electron chi connectivity index (χ0n) is 9.97. The van der Waals surface area contributed by atoms with Crippen LogP contribution in [-0.2, 0) is 14.6 Å². The Balaban J connectivity index is 2.72. The lowest BCUT2D eigenvalue weighted by atomic mass is 9.95. The second kappa shape index (κ2) is 6.33. The van der Waals surface area contributed by atoms with Gasteiger partial charge < -0.3 is 5.11 Å². The largest absolute Gasteiger partial charge is 0.481 e. The Labute approximate surface area is 115 Å². The molecule has 0 amide bonds. The van der Waals surface area contributed by atoms with E-state index in [0.29, 0.717) is 18.4 Å². The SMILES string of the molecule is CS(=O)(=O)CCCC(C(=O)O)c1ccc(Br)cc1. The molecule has 0 aromatic heterocycles. The molecular weight excluding hydrogens is 320 g/mol. The second-order valence-corrected chi connectivity index (χ2v) is 7.39. The smallest absolute Gasteiger partial charge is 0.310 e. The number of rotatable bonds is 6. The number of halogens is 1. The summed E-state index contributed by atoms with van der Waals surface area (Å²) in [6.07, 6.45) is 1.83. The topological polar surface area (TPSA) is 71.4 Å².